The number of anilines is 1. The van der Waals surface area contributed by atoms with E-state index in [4.69, 9.17) is 4.74 Å². The van der Waals surface area contributed by atoms with Gasteiger partial charge < -0.3 is 10.1 Å². The standard InChI is InChI=1S/C23H27N3O3/c1-15(2)18-12-11-16(3)20(13-18)29-14-21(27)24-22-17(4)25(5)26(23(22)28)19-9-7-6-8-10-19/h6-13,15H,14H2,1-5H3,(H,24,27). The van der Waals surface area contributed by atoms with Crippen molar-refractivity contribution in [3.8, 4) is 11.4 Å². The Balaban J connectivity index is 1.77. The molecule has 1 amide bonds. The highest BCUT2D eigenvalue weighted by molar-refractivity contribution is 5.92. The van der Waals surface area contributed by atoms with E-state index in [0.29, 0.717) is 17.4 Å². The third-order valence-electron chi connectivity index (χ3n) is 5.06. The van der Waals surface area contributed by atoms with Crippen molar-refractivity contribution in [2.45, 2.75) is 33.6 Å². The molecule has 0 spiro atoms. The van der Waals surface area contributed by atoms with Crippen molar-refractivity contribution in [3.63, 3.8) is 0 Å². The van der Waals surface area contributed by atoms with Crippen molar-refractivity contribution in [2.24, 2.45) is 7.05 Å². The SMILES string of the molecule is Cc1ccc(C(C)C)cc1OCC(=O)Nc1c(C)n(C)n(-c2ccccc2)c1=O. The summed E-state index contributed by atoms with van der Waals surface area (Å²) in [5.74, 6) is 0.679. The minimum Gasteiger partial charge on any atom is -0.483 e. The van der Waals surface area contributed by atoms with Crippen LogP contribution in [0.3, 0.4) is 0 Å². The van der Waals surface area contributed by atoms with E-state index in [2.05, 4.69) is 25.2 Å². The van der Waals surface area contributed by atoms with Gasteiger partial charge in [-0.1, -0.05) is 44.2 Å². The van der Waals surface area contributed by atoms with E-state index < -0.39 is 0 Å². The quantitative estimate of drug-likeness (QED) is 0.690. The summed E-state index contributed by atoms with van der Waals surface area (Å²) in [5.41, 5.74) is 3.51. The Bertz CT molecular complexity index is 1080. The molecule has 0 atom stereocenters. The van der Waals surface area contributed by atoms with Crippen LogP contribution in [0.25, 0.3) is 5.69 Å². The van der Waals surface area contributed by atoms with Crippen LogP contribution in [-0.2, 0) is 11.8 Å². The van der Waals surface area contributed by atoms with Gasteiger partial charge in [0.15, 0.2) is 6.61 Å². The fourth-order valence-electron chi connectivity index (χ4n) is 3.16. The van der Waals surface area contributed by atoms with Crippen LogP contribution in [0.2, 0.25) is 0 Å². The Kier molecular flexibility index (Phi) is 5.92. The van der Waals surface area contributed by atoms with E-state index in [1.165, 1.54) is 4.68 Å². The molecule has 0 aliphatic carbocycles. The normalized spacial score (nSPS) is 11.0. The van der Waals surface area contributed by atoms with Gasteiger partial charge in [-0.05, 0) is 49.1 Å². The first kappa shape index (κ1) is 20.5. The zero-order chi connectivity index (χ0) is 21.1. The molecule has 0 fully saturated rings. The number of rotatable bonds is 6. The molecule has 1 heterocycles. The Morgan fingerprint density at radius 1 is 1.10 bits per heavy atom. The minimum atomic E-state index is -0.370. The Morgan fingerprint density at radius 3 is 2.45 bits per heavy atom. The van der Waals surface area contributed by atoms with Gasteiger partial charge in [0.05, 0.1) is 11.4 Å². The van der Waals surface area contributed by atoms with Crippen LogP contribution in [0, 0.1) is 13.8 Å². The molecule has 152 valence electrons. The van der Waals surface area contributed by atoms with E-state index in [0.717, 1.165) is 16.8 Å². The number of carbonyl (C=O) groups excluding carboxylic acids is 1. The largest absolute Gasteiger partial charge is 0.483 e. The van der Waals surface area contributed by atoms with Crippen LogP contribution in [0.15, 0.2) is 53.3 Å². The van der Waals surface area contributed by atoms with Crippen molar-refractivity contribution in [1.29, 1.82) is 0 Å². The number of nitrogens with one attached hydrogen (secondary N) is 1. The van der Waals surface area contributed by atoms with Gasteiger partial charge in [0, 0.05) is 7.05 Å². The van der Waals surface area contributed by atoms with Gasteiger partial charge in [0.1, 0.15) is 11.4 Å². The highest BCUT2D eigenvalue weighted by atomic mass is 16.5. The van der Waals surface area contributed by atoms with Crippen LogP contribution in [0.1, 0.15) is 36.6 Å². The molecule has 0 aliphatic rings. The van der Waals surface area contributed by atoms with Crippen molar-refractivity contribution in [3.05, 3.63) is 75.7 Å². The summed E-state index contributed by atoms with van der Waals surface area (Å²) in [6.45, 7) is 7.79. The number of nitrogens with zero attached hydrogens (tertiary/aromatic N) is 2. The van der Waals surface area contributed by atoms with Crippen LogP contribution >= 0.6 is 0 Å². The predicted molar refractivity (Wildman–Crippen MR) is 115 cm³/mol. The van der Waals surface area contributed by atoms with E-state index in [-0.39, 0.29) is 23.8 Å². The number of hydrogen-bond donors (Lipinski definition) is 1. The topological polar surface area (TPSA) is 65.3 Å². The molecule has 2 aromatic carbocycles. The summed E-state index contributed by atoms with van der Waals surface area (Å²) in [6, 6.07) is 15.3. The number of carbonyl (C=O) groups is 1. The van der Waals surface area contributed by atoms with E-state index in [1.807, 2.05) is 49.4 Å². The Labute approximate surface area is 170 Å². The number of amides is 1. The molecule has 0 radical (unpaired) electrons. The van der Waals surface area contributed by atoms with Crippen molar-refractivity contribution >= 4 is 11.6 Å². The fraction of sp³-hybridized carbons (Fsp3) is 0.304. The molecule has 3 aromatic rings. The van der Waals surface area contributed by atoms with Crippen LogP contribution in [-0.4, -0.2) is 21.9 Å². The second kappa shape index (κ2) is 8.39. The Hall–Kier alpha value is -3.28. The highest BCUT2D eigenvalue weighted by Crippen LogP contribution is 2.24. The molecule has 6 heteroatoms. The van der Waals surface area contributed by atoms with Crippen LogP contribution < -0.4 is 15.6 Å². The summed E-state index contributed by atoms with van der Waals surface area (Å²) in [5, 5.41) is 2.72. The lowest BCUT2D eigenvalue weighted by molar-refractivity contribution is -0.118. The molecule has 1 aromatic heterocycles. The van der Waals surface area contributed by atoms with Crippen molar-refractivity contribution < 1.29 is 9.53 Å². The monoisotopic (exact) mass is 393 g/mol. The van der Waals surface area contributed by atoms with Gasteiger partial charge in [0.25, 0.3) is 11.5 Å². The number of aryl methyl sites for hydroxylation is 1. The molecular weight excluding hydrogens is 366 g/mol. The molecule has 1 N–H and O–H groups in total. The minimum absolute atomic E-state index is 0.165. The van der Waals surface area contributed by atoms with E-state index >= 15 is 0 Å². The lowest BCUT2D eigenvalue weighted by atomic mass is 10.0. The van der Waals surface area contributed by atoms with Gasteiger partial charge in [-0.15, -0.1) is 0 Å². The zero-order valence-corrected chi connectivity index (χ0v) is 17.5. The zero-order valence-electron chi connectivity index (χ0n) is 17.5. The smallest absolute Gasteiger partial charge is 0.295 e. The number of ether oxygens (including phenoxy) is 1. The van der Waals surface area contributed by atoms with Gasteiger partial charge in [-0.2, -0.15) is 0 Å². The third-order valence-corrected chi connectivity index (χ3v) is 5.06. The molecule has 0 saturated heterocycles. The lowest BCUT2D eigenvalue weighted by Crippen LogP contribution is -2.25. The van der Waals surface area contributed by atoms with E-state index in [9.17, 15) is 9.59 Å². The fourth-order valence-corrected chi connectivity index (χ4v) is 3.16. The molecule has 0 aliphatic heterocycles. The number of aromatic nitrogens is 2. The van der Waals surface area contributed by atoms with E-state index in [1.54, 1.807) is 18.7 Å². The summed E-state index contributed by atoms with van der Waals surface area (Å²) in [4.78, 5) is 25.4. The van der Waals surface area contributed by atoms with Gasteiger partial charge in [-0.3, -0.25) is 14.3 Å². The molecule has 0 unspecified atom stereocenters. The molecular formula is C23H27N3O3. The van der Waals surface area contributed by atoms with Crippen molar-refractivity contribution in [2.75, 3.05) is 11.9 Å². The summed E-state index contributed by atoms with van der Waals surface area (Å²) in [6.07, 6.45) is 0. The molecule has 0 bridgehead atoms. The first-order valence-corrected chi connectivity index (χ1v) is 9.66. The van der Waals surface area contributed by atoms with Crippen molar-refractivity contribution in [1.82, 2.24) is 9.36 Å². The molecule has 6 nitrogen and oxygen atoms in total. The maximum Gasteiger partial charge on any atom is 0.295 e. The number of benzene rings is 2. The second-order valence-corrected chi connectivity index (χ2v) is 7.45. The first-order chi connectivity index (χ1) is 13.8. The lowest BCUT2D eigenvalue weighted by Gasteiger charge is -2.12. The number of para-hydroxylation sites is 1. The maximum absolute atomic E-state index is 12.9. The van der Waals surface area contributed by atoms with Crippen LogP contribution in [0.4, 0.5) is 5.69 Å². The van der Waals surface area contributed by atoms with Crippen LogP contribution in [0.5, 0.6) is 5.75 Å². The van der Waals surface area contributed by atoms with Gasteiger partial charge in [-0.25, -0.2) is 4.68 Å². The predicted octanol–water partition coefficient (Wildman–Crippen LogP) is 3.93. The summed E-state index contributed by atoms with van der Waals surface area (Å²) < 4.78 is 8.99. The summed E-state index contributed by atoms with van der Waals surface area (Å²) in [7, 11) is 1.79. The second-order valence-electron chi connectivity index (χ2n) is 7.45. The average Bonchev–Trinajstić information content (AvgIpc) is 2.91. The molecule has 29 heavy (non-hydrogen) atoms. The number of hydrogen-bond acceptors (Lipinski definition) is 3. The first-order valence-electron chi connectivity index (χ1n) is 9.66. The van der Waals surface area contributed by atoms with Gasteiger partial charge >= 0.3 is 0 Å². The summed E-state index contributed by atoms with van der Waals surface area (Å²) >= 11 is 0. The third kappa shape index (κ3) is 4.26. The molecule has 3 rings (SSSR count). The van der Waals surface area contributed by atoms with Gasteiger partial charge in [0.2, 0.25) is 0 Å². The highest BCUT2D eigenvalue weighted by Gasteiger charge is 2.18. The maximum atomic E-state index is 12.9. The average molecular weight is 393 g/mol. The Morgan fingerprint density at radius 2 is 1.79 bits per heavy atom. The molecule has 0 saturated carbocycles.